The molecule has 0 aliphatic rings. The van der Waals surface area contributed by atoms with E-state index in [9.17, 15) is 4.79 Å². The van der Waals surface area contributed by atoms with Crippen LogP contribution >= 0.6 is 34.5 Å². The summed E-state index contributed by atoms with van der Waals surface area (Å²) in [4.78, 5) is 11.6. The van der Waals surface area contributed by atoms with Crippen LogP contribution in [0.25, 0.3) is 10.1 Å². The van der Waals surface area contributed by atoms with E-state index >= 15 is 0 Å². The third-order valence-electron chi connectivity index (χ3n) is 2.55. The van der Waals surface area contributed by atoms with E-state index in [1.807, 2.05) is 18.2 Å². The standard InChI is InChI=1S/C13H12Cl2O2S/c1-2-3-6-17-8-4-5-9-10(7-8)18-12(11(9)14)13(15)16/h4-5,7H,2-3,6H2,1H3. The Morgan fingerprint density at radius 2 is 2.22 bits per heavy atom. The largest absolute Gasteiger partial charge is 0.494 e. The van der Waals surface area contributed by atoms with Gasteiger partial charge in [0.2, 0.25) is 0 Å². The third kappa shape index (κ3) is 2.79. The third-order valence-corrected chi connectivity index (χ3v) is 4.50. The van der Waals surface area contributed by atoms with Crippen molar-refractivity contribution in [3.05, 3.63) is 28.1 Å². The molecular formula is C13H12Cl2O2S. The van der Waals surface area contributed by atoms with Gasteiger partial charge in [0.05, 0.1) is 11.6 Å². The number of thiophene rings is 1. The zero-order valence-electron chi connectivity index (χ0n) is 9.83. The Labute approximate surface area is 119 Å². The quantitative estimate of drug-likeness (QED) is 0.566. The van der Waals surface area contributed by atoms with Crippen LogP contribution in [0, 0.1) is 0 Å². The van der Waals surface area contributed by atoms with E-state index in [0.717, 1.165) is 28.7 Å². The Bertz CT molecular complexity index is 578. The summed E-state index contributed by atoms with van der Waals surface area (Å²) < 4.78 is 6.52. The molecule has 0 aliphatic carbocycles. The Balaban J connectivity index is 2.31. The van der Waals surface area contributed by atoms with Crippen molar-refractivity contribution < 1.29 is 9.53 Å². The number of benzene rings is 1. The van der Waals surface area contributed by atoms with Gasteiger partial charge in [0.15, 0.2) is 0 Å². The molecule has 2 nitrogen and oxygen atoms in total. The fourth-order valence-electron chi connectivity index (χ4n) is 1.60. The second-order valence-corrected chi connectivity index (χ2v) is 5.65. The van der Waals surface area contributed by atoms with Gasteiger partial charge in [-0.25, -0.2) is 0 Å². The van der Waals surface area contributed by atoms with Crippen LogP contribution in [0.5, 0.6) is 5.75 Å². The number of rotatable bonds is 5. The summed E-state index contributed by atoms with van der Waals surface area (Å²) in [5.74, 6) is 0.794. The van der Waals surface area contributed by atoms with Gasteiger partial charge in [0, 0.05) is 10.1 Å². The highest BCUT2D eigenvalue weighted by molar-refractivity contribution is 7.23. The summed E-state index contributed by atoms with van der Waals surface area (Å²) in [6, 6.07) is 5.61. The monoisotopic (exact) mass is 302 g/mol. The number of fused-ring (bicyclic) bond motifs is 1. The first-order chi connectivity index (χ1) is 8.63. The molecule has 0 unspecified atom stereocenters. The van der Waals surface area contributed by atoms with Crippen LogP contribution in [0.2, 0.25) is 5.02 Å². The average Bonchev–Trinajstić information content (AvgIpc) is 2.67. The Morgan fingerprint density at radius 3 is 2.89 bits per heavy atom. The SMILES string of the molecule is CCCCOc1ccc2c(Cl)c(C(=O)Cl)sc2c1. The molecular weight excluding hydrogens is 291 g/mol. The van der Waals surface area contributed by atoms with Crippen LogP contribution in [-0.4, -0.2) is 11.8 Å². The molecule has 0 spiro atoms. The van der Waals surface area contributed by atoms with Gasteiger partial charge in [-0.2, -0.15) is 0 Å². The highest BCUT2D eigenvalue weighted by Crippen LogP contribution is 2.37. The van der Waals surface area contributed by atoms with Crippen LogP contribution in [0.4, 0.5) is 0 Å². The lowest BCUT2D eigenvalue weighted by Gasteiger charge is -2.04. The van der Waals surface area contributed by atoms with Crippen molar-refractivity contribution in [3.63, 3.8) is 0 Å². The smallest absolute Gasteiger partial charge is 0.263 e. The number of unbranched alkanes of at least 4 members (excludes halogenated alkanes) is 1. The number of hydrogen-bond donors (Lipinski definition) is 0. The lowest BCUT2D eigenvalue weighted by atomic mass is 10.2. The maximum absolute atomic E-state index is 11.2. The van der Waals surface area contributed by atoms with Crippen molar-refractivity contribution in [2.45, 2.75) is 19.8 Å². The summed E-state index contributed by atoms with van der Waals surface area (Å²) in [5, 5.41) is 0.748. The lowest BCUT2D eigenvalue weighted by Crippen LogP contribution is -1.95. The summed E-state index contributed by atoms with van der Waals surface area (Å²) in [5.41, 5.74) is 0. The Morgan fingerprint density at radius 1 is 1.44 bits per heavy atom. The van der Waals surface area contributed by atoms with E-state index in [4.69, 9.17) is 27.9 Å². The minimum absolute atomic E-state index is 0.388. The van der Waals surface area contributed by atoms with Crippen LogP contribution in [0.15, 0.2) is 18.2 Å². The van der Waals surface area contributed by atoms with Gasteiger partial charge in [-0.15, -0.1) is 11.3 Å². The molecule has 0 saturated carbocycles. The molecule has 0 radical (unpaired) electrons. The molecule has 0 atom stereocenters. The number of hydrogen-bond acceptors (Lipinski definition) is 3. The summed E-state index contributed by atoms with van der Waals surface area (Å²) >= 11 is 12.9. The molecule has 5 heteroatoms. The Kier molecular flexibility index (Phi) is 4.49. The van der Waals surface area contributed by atoms with Crippen molar-refractivity contribution in [1.29, 1.82) is 0 Å². The fourth-order valence-corrected chi connectivity index (χ4v) is 3.23. The molecule has 0 bridgehead atoms. The Hall–Kier alpha value is -0.770. The minimum Gasteiger partial charge on any atom is -0.494 e. The van der Waals surface area contributed by atoms with E-state index in [2.05, 4.69) is 6.92 Å². The molecule has 0 aliphatic heterocycles. The molecule has 1 heterocycles. The minimum atomic E-state index is -0.519. The molecule has 1 aromatic carbocycles. The van der Waals surface area contributed by atoms with Gasteiger partial charge < -0.3 is 4.74 Å². The van der Waals surface area contributed by atoms with Gasteiger partial charge in [-0.1, -0.05) is 24.9 Å². The number of halogens is 2. The van der Waals surface area contributed by atoms with Gasteiger partial charge in [0.25, 0.3) is 5.24 Å². The molecule has 0 N–H and O–H groups in total. The molecule has 0 saturated heterocycles. The van der Waals surface area contributed by atoms with E-state index in [0.29, 0.717) is 16.5 Å². The highest BCUT2D eigenvalue weighted by Gasteiger charge is 2.15. The van der Waals surface area contributed by atoms with Crippen LogP contribution < -0.4 is 4.74 Å². The lowest BCUT2D eigenvalue weighted by molar-refractivity contribution is 0.108. The predicted molar refractivity (Wildman–Crippen MR) is 77.4 cm³/mol. The van der Waals surface area contributed by atoms with Crippen molar-refractivity contribution in [3.8, 4) is 5.75 Å². The van der Waals surface area contributed by atoms with E-state index in [1.54, 1.807) is 0 Å². The zero-order valence-corrected chi connectivity index (χ0v) is 12.2. The van der Waals surface area contributed by atoms with Gasteiger partial charge in [-0.05, 0) is 36.2 Å². The fraction of sp³-hybridized carbons (Fsp3) is 0.308. The first kappa shape index (κ1) is 13.7. The molecule has 0 fully saturated rings. The number of carbonyl (C=O) groups excluding carboxylic acids is 1. The second-order valence-electron chi connectivity index (χ2n) is 3.88. The topological polar surface area (TPSA) is 26.3 Å². The number of ether oxygens (including phenoxy) is 1. The van der Waals surface area contributed by atoms with Crippen molar-refractivity contribution >= 4 is 49.9 Å². The zero-order chi connectivity index (χ0) is 13.1. The van der Waals surface area contributed by atoms with E-state index in [-0.39, 0.29) is 0 Å². The summed E-state index contributed by atoms with van der Waals surface area (Å²) in [6.45, 7) is 2.81. The molecule has 2 rings (SSSR count). The van der Waals surface area contributed by atoms with E-state index in [1.165, 1.54) is 11.3 Å². The molecule has 0 amide bonds. The normalized spacial score (nSPS) is 10.8. The predicted octanol–water partition coefficient (Wildman–Crippen LogP) is 5.11. The first-order valence-electron chi connectivity index (χ1n) is 5.68. The van der Waals surface area contributed by atoms with Crippen molar-refractivity contribution in [1.82, 2.24) is 0 Å². The number of carbonyl (C=O) groups is 1. The average molecular weight is 303 g/mol. The highest BCUT2D eigenvalue weighted by atomic mass is 35.5. The second kappa shape index (κ2) is 5.91. The molecule has 1 aromatic heterocycles. The summed E-state index contributed by atoms with van der Waals surface area (Å²) in [6.07, 6.45) is 2.12. The van der Waals surface area contributed by atoms with Gasteiger partial charge in [0.1, 0.15) is 10.6 Å². The van der Waals surface area contributed by atoms with Crippen LogP contribution in [0.1, 0.15) is 29.4 Å². The van der Waals surface area contributed by atoms with Gasteiger partial charge >= 0.3 is 0 Å². The molecule has 96 valence electrons. The van der Waals surface area contributed by atoms with E-state index < -0.39 is 5.24 Å². The molecule has 2 aromatic rings. The van der Waals surface area contributed by atoms with Crippen LogP contribution in [0.3, 0.4) is 0 Å². The first-order valence-corrected chi connectivity index (χ1v) is 7.25. The maximum Gasteiger partial charge on any atom is 0.263 e. The summed E-state index contributed by atoms with van der Waals surface area (Å²) in [7, 11) is 0. The van der Waals surface area contributed by atoms with Crippen molar-refractivity contribution in [2.75, 3.05) is 6.61 Å². The van der Waals surface area contributed by atoms with Crippen LogP contribution in [-0.2, 0) is 0 Å². The van der Waals surface area contributed by atoms with Gasteiger partial charge in [-0.3, -0.25) is 4.79 Å². The molecule has 18 heavy (non-hydrogen) atoms. The maximum atomic E-state index is 11.2. The van der Waals surface area contributed by atoms with Crippen molar-refractivity contribution in [2.24, 2.45) is 0 Å².